The lowest BCUT2D eigenvalue weighted by Gasteiger charge is -2.11. The number of rotatable bonds is 13. The Morgan fingerprint density at radius 1 is 1.06 bits per heavy atom. The number of unbranched alkanes of at least 4 members (excludes halogenated alkanes) is 1. The lowest BCUT2D eigenvalue weighted by Crippen LogP contribution is -2.12. The molecule has 3 N–H and O–H groups in total. The first-order valence-corrected chi connectivity index (χ1v) is 11.6. The van der Waals surface area contributed by atoms with Crippen LogP contribution in [0.2, 0.25) is 0 Å². The molecule has 0 saturated carbocycles. The highest BCUT2D eigenvalue weighted by molar-refractivity contribution is 7.99. The third-order valence-corrected chi connectivity index (χ3v) is 5.73. The van der Waals surface area contributed by atoms with Crippen molar-refractivity contribution in [3.8, 4) is 0 Å². The van der Waals surface area contributed by atoms with E-state index in [1.54, 1.807) is 18.0 Å². The minimum absolute atomic E-state index is 0.0223. The molecule has 0 aliphatic rings. The number of nitrogens with one attached hydrogen (secondary N) is 1. The van der Waals surface area contributed by atoms with E-state index in [0.717, 1.165) is 47.6 Å². The van der Waals surface area contributed by atoms with Crippen LogP contribution in [0.5, 0.6) is 0 Å². The molecule has 0 unspecified atom stereocenters. The van der Waals surface area contributed by atoms with Gasteiger partial charge in [-0.25, -0.2) is 0 Å². The highest BCUT2D eigenvalue weighted by Gasteiger charge is 2.08. The molecule has 2 aromatic rings. The van der Waals surface area contributed by atoms with E-state index in [2.05, 4.69) is 22.6 Å². The van der Waals surface area contributed by atoms with E-state index in [4.69, 9.17) is 10.6 Å². The molecule has 0 fully saturated rings. The standard InChI is InChI=1S/C24H31N3O3S/c1-2-30-24(29)12-7-17-31-22-10-5-4-9-21(22)27-23(28)11-6-3-8-19-13-15-20(16-14-19)18-26-25/h4-5,9-10,13-16,18H,2-3,6-8,11-12,17,25H2,1H3,(H,27,28)/b26-18+. The van der Waals surface area contributed by atoms with Crippen LogP contribution in [0.4, 0.5) is 5.69 Å². The number of thioether (sulfide) groups is 1. The number of hydrogen-bond donors (Lipinski definition) is 2. The van der Waals surface area contributed by atoms with E-state index < -0.39 is 0 Å². The van der Waals surface area contributed by atoms with Crippen LogP contribution < -0.4 is 11.2 Å². The third kappa shape index (κ3) is 9.70. The first kappa shape index (κ1) is 24.5. The van der Waals surface area contributed by atoms with E-state index in [-0.39, 0.29) is 11.9 Å². The number of benzene rings is 2. The zero-order valence-electron chi connectivity index (χ0n) is 18.0. The van der Waals surface area contributed by atoms with Gasteiger partial charge >= 0.3 is 5.97 Å². The number of carbonyl (C=O) groups is 2. The number of anilines is 1. The molecule has 0 spiro atoms. The highest BCUT2D eigenvalue weighted by atomic mass is 32.2. The van der Waals surface area contributed by atoms with Crippen molar-refractivity contribution in [2.24, 2.45) is 10.9 Å². The van der Waals surface area contributed by atoms with Crippen molar-refractivity contribution in [2.75, 3.05) is 17.7 Å². The number of carbonyl (C=O) groups excluding carboxylic acids is 2. The average Bonchev–Trinajstić information content (AvgIpc) is 2.77. The van der Waals surface area contributed by atoms with Crippen LogP contribution in [-0.4, -0.2) is 30.5 Å². The molecule has 0 radical (unpaired) electrons. The summed E-state index contributed by atoms with van der Waals surface area (Å²) in [6, 6.07) is 15.9. The Labute approximate surface area is 188 Å². The van der Waals surface area contributed by atoms with E-state index in [1.807, 2.05) is 43.3 Å². The van der Waals surface area contributed by atoms with Gasteiger partial charge in [0.2, 0.25) is 5.91 Å². The first-order valence-electron chi connectivity index (χ1n) is 10.6. The number of ether oxygens (including phenoxy) is 1. The van der Waals surface area contributed by atoms with E-state index in [9.17, 15) is 9.59 Å². The molecule has 2 rings (SSSR count). The molecule has 1 amide bonds. The van der Waals surface area contributed by atoms with Gasteiger partial charge < -0.3 is 15.9 Å². The van der Waals surface area contributed by atoms with Gasteiger partial charge in [-0.2, -0.15) is 5.10 Å². The van der Waals surface area contributed by atoms with Gasteiger partial charge in [0.25, 0.3) is 0 Å². The van der Waals surface area contributed by atoms with Crippen LogP contribution in [-0.2, 0) is 20.7 Å². The Kier molecular flexibility index (Phi) is 11.2. The molecular formula is C24H31N3O3S. The zero-order chi connectivity index (χ0) is 22.3. The van der Waals surface area contributed by atoms with Gasteiger partial charge in [0.1, 0.15) is 0 Å². The fraction of sp³-hybridized carbons (Fsp3) is 0.375. The number of aryl methyl sites for hydroxylation is 1. The van der Waals surface area contributed by atoms with Crippen LogP contribution in [0.15, 0.2) is 58.5 Å². The van der Waals surface area contributed by atoms with Gasteiger partial charge in [-0.1, -0.05) is 36.4 Å². The van der Waals surface area contributed by atoms with Crippen molar-refractivity contribution in [1.29, 1.82) is 0 Å². The molecule has 7 heteroatoms. The molecule has 166 valence electrons. The maximum atomic E-state index is 12.4. The van der Waals surface area contributed by atoms with Crippen molar-refractivity contribution in [3.05, 3.63) is 59.7 Å². The molecule has 31 heavy (non-hydrogen) atoms. The van der Waals surface area contributed by atoms with Gasteiger partial charge in [0.05, 0.1) is 18.5 Å². The molecule has 0 aliphatic heterocycles. The van der Waals surface area contributed by atoms with Crippen molar-refractivity contribution >= 4 is 35.5 Å². The minimum Gasteiger partial charge on any atom is -0.466 e. The maximum absolute atomic E-state index is 12.4. The number of nitrogens with zero attached hydrogens (tertiary/aromatic N) is 1. The third-order valence-electron chi connectivity index (χ3n) is 4.57. The van der Waals surface area contributed by atoms with Crippen molar-refractivity contribution in [3.63, 3.8) is 0 Å². The number of nitrogens with two attached hydrogens (primary N) is 1. The summed E-state index contributed by atoms with van der Waals surface area (Å²) < 4.78 is 4.95. The summed E-state index contributed by atoms with van der Waals surface area (Å²) in [5, 5.41) is 6.54. The number of hydrazone groups is 1. The molecule has 0 atom stereocenters. The quantitative estimate of drug-likeness (QED) is 0.117. The van der Waals surface area contributed by atoms with Gasteiger partial charge in [0.15, 0.2) is 0 Å². The summed E-state index contributed by atoms with van der Waals surface area (Å²) in [6.45, 7) is 2.22. The number of esters is 1. The maximum Gasteiger partial charge on any atom is 0.305 e. The van der Waals surface area contributed by atoms with Crippen molar-refractivity contribution in [1.82, 2.24) is 0 Å². The second kappa shape index (κ2) is 14.2. The Morgan fingerprint density at radius 3 is 2.58 bits per heavy atom. The fourth-order valence-electron chi connectivity index (χ4n) is 3.01. The predicted molar refractivity (Wildman–Crippen MR) is 127 cm³/mol. The lowest BCUT2D eigenvalue weighted by molar-refractivity contribution is -0.143. The predicted octanol–water partition coefficient (Wildman–Crippen LogP) is 4.77. The lowest BCUT2D eigenvalue weighted by atomic mass is 10.1. The van der Waals surface area contributed by atoms with Crippen LogP contribution in [0, 0.1) is 0 Å². The van der Waals surface area contributed by atoms with E-state index >= 15 is 0 Å². The molecular weight excluding hydrogens is 410 g/mol. The Balaban J connectivity index is 1.71. The summed E-state index contributed by atoms with van der Waals surface area (Å²) in [6.07, 6.45) is 5.96. The number of amides is 1. The molecule has 6 nitrogen and oxygen atoms in total. The van der Waals surface area contributed by atoms with Crippen LogP contribution in [0.25, 0.3) is 0 Å². The molecule has 0 aliphatic carbocycles. The van der Waals surface area contributed by atoms with Gasteiger partial charge in [-0.15, -0.1) is 11.8 Å². The molecule has 0 bridgehead atoms. The zero-order valence-corrected chi connectivity index (χ0v) is 18.8. The number of para-hydroxylation sites is 1. The summed E-state index contributed by atoms with van der Waals surface area (Å²) in [5.41, 5.74) is 3.04. The Bertz CT molecular complexity index is 853. The Hall–Kier alpha value is -2.80. The topological polar surface area (TPSA) is 93.8 Å². The van der Waals surface area contributed by atoms with Crippen LogP contribution in [0.3, 0.4) is 0 Å². The van der Waals surface area contributed by atoms with E-state index in [0.29, 0.717) is 19.4 Å². The normalized spacial score (nSPS) is 10.9. The van der Waals surface area contributed by atoms with Gasteiger partial charge in [-0.05, 0) is 61.6 Å². The summed E-state index contributed by atoms with van der Waals surface area (Å²) in [5.74, 6) is 5.81. The second-order valence-electron chi connectivity index (χ2n) is 7.03. The van der Waals surface area contributed by atoms with Crippen LogP contribution >= 0.6 is 11.8 Å². The second-order valence-corrected chi connectivity index (χ2v) is 8.16. The molecule has 2 aromatic carbocycles. The van der Waals surface area contributed by atoms with Gasteiger partial charge in [-0.3, -0.25) is 9.59 Å². The molecule has 0 saturated heterocycles. The summed E-state index contributed by atoms with van der Waals surface area (Å²) >= 11 is 1.64. The fourth-order valence-corrected chi connectivity index (χ4v) is 3.97. The largest absolute Gasteiger partial charge is 0.466 e. The number of hydrogen-bond acceptors (Lipinski definition) is 6. The van der Waals surface area contributed by atoms with Crippen molar-refractivity contribution in [2.45, 2.75) is 50.3 Å². The first-order chi connectivity index (χ1) is 15.1. The van der Waals surface area contributed by atoms with E-state index in [1.165, 1.54) is 5.56 Å². The highest BCUT2D eigenvalue weighted by Crippen LogP contribution is 2.28. The average molecular weight is 442 g/mol. The van der Waals surface area contributed by atoms with Crippen LogP contribution in [0.1, 0.15) is 50.2 Å². The summed E-state index contributed by atoms with van der Waals surface area (Å²) in [4.78, 5) is 24.8. The molecule has 0 aromatic heterocycles. The monoisotopic (exact) mass is 441 g/mol. The Morgan fingerprint density at radius 2 is 1.84 bits per heavy atom. The summed E-state index contributed by atoms with van der Waals surface area (Å²) in [7, 11) is 0. The molecule has 0 heterocycles. The smallest absolute Gasteiger partial charge is 0.305 e. The minimum atomic E-state index is -0.162. The van der Waals surface area contributed by atoms with Gasteiger partial charge in [0, 0.05) is 17.7 Å². The van der Waals surface area contributed by atoms with Crippen molar-refractivity contribution < 1.29 is 14.3 Å². The SMILES string of the molecule is CCOC(=O)CCCSc1ccccc1NC(=O)CCCCc1ccc(/C=N/N)cc1.